The molecule has 0 unspecified atom stereocenters. The fourth-order valence-corrected chi connectivity index (χ4v) is 15.2. The SMILES string of the molecule is CC(C)(C)OC(=O)c1ccc(CCC(=O)CCCCCN)cc1.CCc1c2c(nc3ccc(C)cc13)-c1cc3c(c(=O)n1C2)COC(=O)[C@@]3(CC)OC(=O)Oc1ccc([N+](=O)[O-])cc1.CCc1c2c(nc3ccc(OCOC)cc13)-c1cc3c(c(=O)n1C2)COC(=O)[C@@]3(CC)OC(=O)NCCCCCC(=O)NCc1ccc(C(=O)OC(C)(C)C)cc1. The molecule has 4 aliphatic rings. The van der Waals surface area contributed by atoms with Gasteiger partial charge in [-0.1, -0.05) is 76.4 Å². The number of aromatic nitrogens is 4. The second-order valence-electron chi connectivity index (χ2n) is 32.1. The Labute approximate surface area is 700 Å². The van der Waals surface area contributed by atoms with Gasteiger partial charge in [0.25, 0.3) is 16.8 Å². The van der Waals surface area contributed by atoms with E-state index in [2.05, 4.69) is 23.6 Å². The van der Waals surface area contributed by atoms with E-state index in [4.69, 9.17) is 58.3 Å². The lowest BCUT2D eigenvalue weighted by atomic mass is 9.85. The number of rotatable bonds is 29. The van der Waals surface area contributed by atoms with E-state index in [1.54, 1.807) is 78.6 Å². The fraction of sp³-hybridized carbons (Fsp3) is 0.413. The zero-order valence-electron chi connectivity index (χ0n) is 70.5. The van der Waals surface area contributed by atoms with Gasteiger partial charge in [0.1, 0.15) is 41.7 Å². The third-order valence-electron chi connectivity index (χ3n) is 21.4. The molecule has 0 spiro atoms. The molecule has 0 saturated carbocycles. The maximum absolute atomic E-state index is 14.1. The van der Waals surface area contributed by atoms with E-state index >= 15 is 0 Å². The van der Waals surface area contributed by atoms with Crippen LogP contribution in [0.4, 0.5) is 15.3 Å². The molecule has 2 amide bonds. The number of pyridine rings is 4. The first kappa shape index (κ1) is 89.3. The molecule has 0 aliphatic carbocycles. The number of hydrogen-bond acceptors (Lipinski definition) is 24. The van der Waals surface area contributed by atoms with Crippen LogP contribution in [0.3, 0.4) is 0 Å². The summed E-state index contributed by atoms with van der Waals surface area (Å²) in [6.07, 6.45) is 6.35. The van der Waals surface area contributed by atoms with E-state index in [1.165, 1.54) is 24.3 Å². The molecule has 29 nitrogen and oxygen atoms in total. The van der Waals surface area contributed by atoms with Crippen molar-refractivity contribution in [3.05, 3.63) is 224 Å². The highest BCUT2D eigenvalue weighted by Gasteiger charge is 2.53. The summed E-state index contributed by atoms with van der Waals surface area (Å²) in [7, 11) is 1.56. The van der Waals surface area contributed by atoms with Crippen LogP contribution >= 0.6 is 0 Å². The molecule has 0 fully saturated rings. The number of alkyl carbamates (subject to hydrolysis) is 1. The predicted molar refractivity (Wildman–Crippen MR) is 450 cm³/mol. The van der Waals surface area contributed by atoms with Gasteiger partial charge in [0, 0.05) is 84.6 Å². The van der Waals surface area contributed by atoms with Crippen molar-refractivity contribution in [1.29, 1.82) is 0 Å². The van der Waals surface area contributed by atoms with Gasteiger partial charge in [-0.2, -0.15) is 0 Å². The predicted octanol–water partition coefficient (Wildman–Crippen LogP) is 14.9. The van der Waals surface area contributed by atoms with E-state index in [0.29, 0.717) is 129 Å². The number of carbonyl (C=O) groups excluding carboxylic acids is 8. The minimum Gasteiger partial charge on any atom is -0.468 e. The number of Topliss-reactive ketones (excluding diaryl/α,β-unsaturated/α-hetero) is 1. The molecule has 2 atom stereocenters. The number of nitro benzene ring substituents is 1. The number of nitrogens with two attached hydrogens (primary N) is 1. The largest absolute Gasteiger partial charge is 0.515 e. The van der Waals surface area contributed by atoms with Gasteiger partial charge < -0.3 is 68.1 Å². The van der Waals surface area contributed by atoms with Crippen molar-refractivity contribution in [2.75, 3.05) is 27.0 Å². The van der Waals surface area contributed by atoms with Gasteiger partial charge in [-0.15, -0.1) is 0 Å². The molecule has 4 aromatic heterocycles. The molecule has 0 saturated heterocycles. The zero-order chi connectivity index (χ0) is 87.3. The topological polar surface area (TPSA) is 383 Å². The summed E-state index contributed by atoms with van der Waals surface area (Å²) in [5.41, 5.74) is 12.6. The summed E-state index contributed by atoms with van der Waals surface area (Å²) in [6, 6.07) is 34.1. The van der Waals surface area contributed by atoms with Gasteiger partial charge in [0.05, 0.1) is 74.1 Å². The number of benzene rings is 5. The van der Waals surface area contributed by atoms with Crippen molar-refractivity contribution < 1.29 is 85.9 Å². The highest BCUT2D eigenvalue weighted by atomic mass is 16.7. The molecule has 638 valence electrons. The smallest absolute Gasteiger partial charge is 0.468 e. The first-order valence-electron chi connectivity index (χ1n) is 40.9. The van der Waals surface area contributed by atoms with Gasteiger partial charge in [0.2, 0.25) is 17.1 Å². The number of esters is 4. The Morgan fingerprint density at radius 2 is 1.08 bits per heavy atom. The summed E-state index contributed by atoms with van der Waals surface area (Å²) in [5, 5.41) is 18.5. The molecular weight excluding hydrogens is 1550 g/mol. The number of non-ortho nitro benzene ring substituents is 1. The molecule has 0 bridgehead atoms. The van der Waals surface area contributed by atoms with Crippen molar-refractivity contribution in [1.82, 2.24) is 29.7 Å². The molecular formula is C92H104N8O21. The average Bonchev–Trinajstić information content (AvgIpc) is 1.60. The highest BCUT2D eigenvalue weighted by molar-refractivity contribution is 5.94. The Bertz CT molecular complexity index is 5570. The lowest BCUT2D eigenvalue weighted by Gasteiger charge is -2.35. The maximum atomic E-state index is 14.1. The number of carbonyl (C=O) groups is 8. The van der Waals surface area contributed by atoms with E-state index in [0.717, 1.165) is 86.4 Å². The zero-order valence-corrected chi connectivity index (χ0v) is 70.5. The van der Waals surface area contributed by atoms with Crippen LogP contribution in [0.1, 0.15) is 222 Å². The Morgan fingerprint density at radius 1 is 0.579 bits per heavy atom. The van der Waals surface area contributed by atoms with Crippen LogP contribution < -0.4 is 37.0 Å². The summed E-state index contributed by atoms with van der Waals surface area (Å²) in [6.45, 7) is 21.9. The van der Waals surface area contributed by atoms with Gasteiger partial charge in [-0.05, 0) is 214 Å². The lowest BCUT2D eigenvalue weighted by Crippen LogP contribution is -2.49. The van der Waals surface area contributed by atoms with E-state index in [1.807, 2.05) is 97.9 Å². The van der Waals surface area contributed by atoms with Gasteiger partial charge in [-0.3, -0.25) is 29.3 Å². The molecule has 29 heteroatoms. The number of hydrogen-bond donors (Lipinski definition) is 3. The molecule has 8 heterocycles. The molecule has 4 aliphatic heterocycles. The van der Waals surface area contributed by atoms with Crippen LogP contribution in [0.15, 0.2) is 131 Å². The van der Waals surface area contributed by atoms with Crippen molar-refractivity contribution in [2.45, 2.75) is 221 Å². The summed E-state index contributed by atoms with van der Waals surface area (Å²) in [5.74, 6) is -1.49. The number of nitro groups is 1. The Hall–Kier alpha value is -12.5. The van der Waals surface area contributed by atoms with Crippen LogP contribution in [0.25, 0.3) is 44.6 Å². The minimum atomic E-state index is -1.94. The quantitative estimate of drug-likeness (QED) is 0.00745. The van der Waals surface area contributed by atoms with E-state index in [9.17, 15) is 58.1 Å². The number of ketones is 1. The number of methoxy groups -OCH3 is 1. The minimum absolute atomic E-state index is 0.0161. The molecule has 5 aromatic carbocycles. The number of cyclic esters (lactones) is 2. The number of aryl methyl sites for hydroxylation is 4. The first-order chi connectivity index (χ1) is 57.8. The number of nitrogens with one attached hydrogen (secondary N) is 2. The summed E-state index contributed by atoms with van der Waals surface area (Å²) >= 11 is 0. The van der Waals surface area contributed by atoms with E-state index in [-0.39, 0.29) is 90.5 Å². The van der Waals surface area contributed by atoms with Crippen LogP contribution in [0.2, 0.25) is 0 Å². The van der Waals surface area contributed by atoms with Crippen LogP contribution in [0.5, 0.6) is 11.5 Å². The molecule has 4 N–H and O–H groups in total. The molecule has 0 radical (unpaired) electrons. The molecule has 9 aromatic rings. The number of unbranched alkanes of at least 4 members (excludes halogenated alkanes) is 4. The van der Waals surface area contributed by atoms with Crippen molar-refractivity contribution in [2.24, 2.45) is 5.73 Å². The lowest BCUT2D eigenvalue weighted by molar-refractivity contribution is -0.384. The van der Waals surface area contributed by atoms with Gasteiger partial charge in [0.15, 0.2) is 6.79 Å². The normalized spacial score (nSPS) is 15.2. The van der Waals surface area contributed by atoms with Crippen LogP contribution in [-0.4, -0.2) is 110 Å². The first-order valence-corrected chi connectivity index (χ1v) is 40.9. The van der Waals surface area contributed by atoms with Gasteiger partial charge in [-0.25, -0.2) is 38.7 Å². The Morgan fingerprint density at radius 3 is 1.60 bits per heavy atom. The number of nitrogens with zero attached hydrogens (tertiary/aromatic N) is 5. The number of fused-ring (bicyclic) bond motifs is 10. The monoisotopic (exact) mass is 1660 g/mol. The maximum Gasteiger partial charge on any atom is 0.515 e. The number of ether oxygens (including phenoxy) is 9. The van der Waals surface area contributed by atoms with Crippen LogP contribution in [-0.2, 0) is 116 Å². The second kappa shape index (κ2) is 38.7. The number of amides is 2. The third kappa shape index (κ3) is 20.7. The third-order valence-corrected chi connectivity index (χ3v) is 21.4. The average molecular weight is 1660 g/mol. The van der Waals surface area contributed by atoms with Crippen LogP contribution in [0, 0.1) is 17.0 Å². The summed E-state index contributed by atoms with van der Waals surface area (Å²) in [4.78, 5) is 149. The molecule has 121 heavy (non-hydrogen) atoms. The Kier molecular flexibility index (Phi) is 28.6. The fourth-order valence-electron chi connectivity index (χ4n) is 15.2. The van der Waals surface area contributed by atoms with Crippen molar-refractivity contribution in [3.8, 4) is 34.3 Å². The van der Waals surface area contributed by atoms with E-state index < -0.39 is 57.5 Å². The van der Waals surface area contributed by atoms with Crippen molar-refractivity contribution >= 4 is 75.3 Å². The van der Waals surface area contributed by atoms with Gasteiger partial charge >= 0.3 is 36.1 Å². The Balaban J connectivity index is 0.000000194. The standard InChI is InChI=1S/C43H50N4O10.C30H25N3O8.C19H29NO3/c1-7-29-30-20-28(55-25-53-6)17-18-34(30)46-37-31(29)23-47-35(37)21-33-32(38(47)49)24-54-40(51)43(33,8-2)57-41(52)44-19-11-9-10-12-36(48)45-22-26-13-15-27(16-14-26)39(50)56-42(3,4)5;1-4-19-20-12-16(3)6-11-24(20)31-26-21(19)14-32-25(26)13-23-22(27(32)34)15-39-28(35)30(23,5-2)41-29(36)40-18-9-7-17(8-10-18)33(37)38;1-19(2,3)23-18(22)16-11-8-15(9-12-16)10-13-17(21)7-5-4-6-14-20/h13-18,20-21H,7-12,19,22-25H2,1-6H3,(H,44,52)(H,45,48);6-13H,4-5,14-15H2,1-3H3;8-9,11-12H,4-7,10,13-14,20H2,1-3H3/t43-;30-;/m00./s1. The van der Waals surface area contributed by atoms with Crippen molar-refractivity contribution in [3.63, 3.8) is 0 Å². The second-order valence-corrected chi connectivity index (χ2v) is 32.1. The molecule has 13 rings (SSSR count). The summed E-state index contributed by atoms with van der Waals surface area (Å²) < 4.78 is 52.3. The highest BCUT2D eigenvalue weighted by Crippen LogP contribution is 2.45.